The molecule has 0 aliphatic rings. The topological polar surface area (TPSA) is 82.4 Å². The fraction of sp³-hybridized carbons (Fsp3) is 0.238. The first-order valence-electron chi connectivity index (χ1n) is 8.65. The number of aryl methyl sites for hydroxylation is 3. The molecule has 3 rings (SSSR count). The highest BCUT2D eigenvalue weighted by molar-refractivity contribution is 7.90. The van der Waals surface area contributed by atoms with E-state index in [4.69, 9.17) is 4.74 Å². The number of ether oxygens (including phenoxy) is 1. The van der Waals surface area contributed by atoms with Crippen molar-refractivity contribution in [3.05, 3.63) is 64.3 Å². The van der Waals surface area contributed by atoms with E-state index in [0.717, 1.165) is 9.54 Å². The number of fused-ring (bicyclic) bond motifs is 1. The number of methoxy groups -OCH3 is 1. The number of nitrogens with zero attached hydrogens (tertiary/aromatic N) is 1. The minimum Gasteiger partial charge on any atom is -0.465 e. The SMILES string of the molecule is COC(=O)c1ccc2c(C(C)=O)cn(S(=O)(=O)c3c(C)cc(C)cc3C)c2c1. The molecule has 28 heavy (non-hydrogen) atoms. The van der Waals surface area contributed by atoms with Gasteiger partial charge in [-0.3, -0.25) is 4.79 Å². The zero-order valence-electron chi connectivity index (χ0n) is 16.4. The largest absolute Gasteiger partial charge is 0.465 e. The van der Waals surface area contributed by atoms with E-state index in [1.807, 2.05) is 6.92 Å². The number of carbonyl (C=O) groups is 2. The zero-order chi connectivity index (χ0) is 20.8. The van der Waals surface area contributed by atoms with Gasteiger partial charge >= 0.3 is 5.97 Å². The lowest BCUT2D eigenvalue weighted by Crippen LogP contribution is -2.15. The summed E-state index contributed by atoms with van der Waals surface area (Å²) in [6.07, 6.45) is 1.32. The van der Waals surface area contributed by atoms with Crippen molar-refractivity contribution in [1.82, 2.24) is 3.97 Å². The van der Waals surface area contributed by atoms with Crippen LogP contribution in [-0.2, 0) is 14.8 Å². The normalized spacial score (nSPS) is 11.6. The smallest absolute Gasteiger partial charge is 0.337 e. The Bertz CT molecular complexity index is 1210. The fourth-order valence-electron chi connectivity index (χ4n) is 3.59. The number of hydrogen-bond acceptors (Lipinski definition) is 5. The van der Waals surface area contributed by atoms with Gasteiger partial charge in [0.05, 0.1) is 23.1 Å². The Morgan fingerprint density at radius 1 is 1.00 bits per heavy atom. The minimum atomic E-state index is -3.99. The van der Waals surface area contributed by atoms with Gasteiger partial charge in [-0.25, -0.2) is 17.2 Å². The van der Waals surface area contributed by atoms with Crippen molar-refractivity contribution in [3.63, 3.8) is 0 Å². The van der Waals surface area contributed by atoms with Gasteiger partial charge in [-0.2, -0.15) is 0 Å². The Balaban J connectivity index is 2.39. The highest BCUT2D eigenvalue weighted by Crippen LogP contribution is 2.30. The molecule has 0 N–H and O–H groups in total. The lowest BCUT2D eigenvalue weighted by molar-refractivity contribution is 0.0600. The molecule has 0 saturated heterocycles. The molecule has 0 radical (unpaired) electrons. The standard InChI is InChI=1S/C21H21NO5S/c1-12-8-13(2)20(14(3)9-12)28(25,26)22-11-18(15(4)23)17-7-6-16(10-19(17)22)21(24)27-5/h6-11H,1-5H3. The molecule has 1 aromatic heterocycles. The van der Waals surface area contributed by atoms with Crippen molar-refractivity contribution >= 4 is 32.7 Å². The number of rotatable bonds is 4. The van der Waals surface area contributed by atoms with Gasteiger partial charge in [0.2, 0.25) is 0 Å². The van der Waals surface area contributed by atoms with Crippen LogP contribution in [0.15, 0.2) is 41.4 Å². The Kier molecular flexibility index (Phi) is 4.89. The summed E-state index contributed by atoms with van der Waals surface area (Å²) >= 11 is 0. The van der Waals surface area contributed by atoms with Gasteiger partial charge in [0.1, 0.15) is 0 Å². The maximum Gasteiger partial charge on any atom is 0.337 e. The molecule has 0 saturated carbocycles. The van der Waals surface area contributed by atoms with Crippen LogP contribution in [0.3, 0.4) is 0 Å². The lowest BCUT2D eigenvalue weighted by atomic mass is 10.1. The van der Waals surface area contributed by atoms with Crippen LogP contribution in [0.25, 0.3) is 10.9 Å². The molecule has 0 aliphatic heterocycles. The number of hydrogen-bond donors (Lipinski definition) is 0. The van der Waals surface area contributed by atoms with Gasteiger partial charge in [0.15, 0.2) is 5.78 Å². The van der Waals surface area contributed by atoms with Crippen LogP contribution in [0.1, 0.15) is 44.3 Å². The molecule has 1 heterocycles. The van der Waals surface area contributed by atoms with Crippen molar-refractivity contribution in [2.75, 3.05) is 7.11 Å². The molecule has 0 fully saturated rings. The summed E-state index contributed by atoms with van der Waals surface area (Å²) in [6, 6.07) is 8.12. The molecular formula is C21H21NO5S. The van der Waals surface area contributed by atoms with Crippen molar-refractivity contribution in [2.24, 2.45) is 0 Å². The van der Waals surface area contributed by atoms with E-state index in [2.05, 4.69) is 0 Å². The van der Waals surface area contributed by atoms with Crippen molar-refractivity contribution < 1.29 is 22.7 Å². The maximum atomic E-state index is 13.5. The minimum absolute atomic E-state index is 0.188. The summed E-state index contributed by atoms with van der Waals surface area (Å²) in [5.74, 6) is -0.846. The Morgan fingerprint density at radius 2 is 1.61 bits per heavy atom. The molecule has 0 atom stereocenters. The molecule has 0 amide bonds. The van der Waals surface area contributed by atoms with Gasteiger partial charge in [0, 0.05) is 17.1 Å². The molecule has 6 nitrogen and oxygen atoms in total. The van der Waals surface area contributed by atoms with Gasteiger partial charge in [0.25, 0.3) is 10.0 Å². The zero-order valence-corrected chi connectivity index (χ0v) is 17.2. The van der Waals surface area contributed by atoms with E-state index < -0.39 is 16.0 Å². The third kappa shape index (κ3) is 3.11. The lowest BCUT2D eigenvalue weighted by Gasteiger charge is -2.14. The van der Waals surface area contributed by atoms with E-state index in [0.29, 0.717) is 16.5 Å². The second-order valence-electron chi connectivity index (χ2n) is 6.85. The summed E-state index contributed by atoms with van der Waals surface area (Å²) in [5.41, 5.74) is 2.94. The van der Waals surface area contributed by atoms with Gasteiger partial charge < -0.3 is 4.74 Å². The average Bonchev–Trinajstić information content (AvgIpc) is 2.99. The van der Waals surface area contributed by atoms with E-state index in [1.54, 1.807) is 32.0 Å². The predicted molar refractivity (Wildman–Crippen MR) is 107 cm³/mol. The highest BCUT2D eigenvalue weighted by atomic mass is 32.2. The first kappa shape index (κ1) is 19.8. The Labute approximate surface area is 163 Å². The summed E-state index contributed by atoms with van der Waals surface area (Å²) in [5, 5.41) is 0.464. The van der Waals surface area contributed by atoms with E-state index in [1.165, 1.54) is 32.4 Å². The number of Topliss-reactive ketones (excluding diaryl/α,β-unsaturated/α-hetero) is 1. The number of benzene rings is 2. The monoisotopic (exact) mass is 399 g/mol. The first-order valence-corrected chi connectivity index (χ1v) is 10.1. The van der Waals surface area contributed by atoms with Crippen molar-refractivity contribution in [3.8, 4) is 0 Å². The number of aromatic nitrogens is 1. The number of esters is 1. The van der Waals surface area contributed by atoms with Crippen LogP contribution in [0, 0.1) is 20.8 Å². The molecule has 7 heteroatoms. The van der Waals surface area contributed by atoms with E-state index >= 15 is 0 Å². The maximum absolute atomic E-state index is 13.5. The summed E-state index contributed by atoms with van der Waals surface area (Å²) in [4.78, 5) is 24.2. The highest BCUT2D eigenvalue weighted by Gasteiger charge is 2.26. The quantitative estimate of drug-likeness (QED) is 0.492. The summed E-state index contributed by atoms with van der Waals surface area (Å²) in [6.45, 7) is 6.76. The van der Waals surface area contributed by atoms with Gasteiger partial charge in [-0.15, -0.1) is 0 Å². The Hall–Kier alpha value is -2.93. The van der Waals surface area contributed by atoms with Crippen LogP contribution < -0.4 is 0 Å². The molecule has 2 aromatic carbocycles. The third-order valence-corrected chi connectivity index (χ3v) is 6.67. The number of ketones is 1. The first-order chi connectivity index (χ1) is 13.1. The second-order valence-corrected chi connectivity index (χ2v) is 8.60. The molecule has 3 aromatic rings. The van der Waals surface area contributed by atoms with E-state index in [-0.39, 0.29) is 27.3 Å². The van der Waals surface area contributed by atoms with Crippen LogP contribution in [0.4, 0.5) is 0 Å². The molecule has 0 bridgehead atoms. The predicted octanol–water partition coefficient (Wildman–Crippen LogP) is 3.79. The summed E-state index contributed by atoms with van der Waals surface area (Å²) in [7, 11) is -2.74. The van der Waals surface area contributed by atoms with Crippen molar-refractivity contribution in [2.45, 2.75) is 32.6 Å². The molecule has 0 unspecified atom stereocenters. The van der Waals surface area contributed by atoms with Crippen molar-refractivity contribution in [1.29, 1.82) is 0 Å². The van der Waals surface area contributed by atoms with Gasteiger partial charge in [-0.1, -0.05) is 23.8 Å². The average molecular weight is 399 g/mol. The Morgan fingerprint density at radius 3 is 2.14 bits per heavy atom. The van der Waals surface area contributed by atoms with E-state index in [9.17, 15) is 18.0 Å². The second kappa shape index (κ2) is 6.91. The van der Waals surface area contributed by atoms with Crippen LogP contribution in [0.5, 0.6) is 0 Å². The molecule has 0 aliphatic carbocycles. The molecule has 0 spiro atoms. The van der Waals surface area contributed by atoms with Crippen LogP contribution >= 0.6 is 0 Å². The number of carbonyl (C=O) groups excluding carboxylic acids is 2. The van der Waals surface area contributed by atoms with Gasteiger partial charge in [-0.05, 0) is 51.0 Å². The van der Waals surface area contributed by atoms with Crippen LogP contribution in [0.2, 0.25) is 0 Å². The third-order valence-electron chi connectivity index (χ3n) is 4.69. The van der Waals surface area contributed by atoms with Crippen LogP contribution in [-0.4, -0.2) is 31.3 Å². The summed E-state index contributed by atoms with van der Waals surface area (Å²) < 4.78 is 32.9. The molecular weight excluding hydrogens is 378 g/mol. The molecule has 146 valence electrons. The fourth-order valence-corrected chi connectivity index (χ4v) is 5.38.